The third kappa shape index (κ3) is 3.90. The molecule has 0 unspecified atom stereocenters. The molecule has 0 atom stereocenters. The number of amides is 2. The van der Waals surface area contributed by atoms with Crippen molar-refractivity contribution in [2.24, 2.45) is 0 Å². The van der Waals surface area contributed by atoms with Gasteiger partial charge in [0.1, 0.15) is 0 Å². The Hall–Kier alpha value is -2.20. The van der Waals surface area contributed by atoms with E-state index in [9.17, 15) is 4.79 Å². The standard InChI is InChI=1S/C20H24ClN3O/c1-3-16-8-6-7-15(2)19(16)22-20(25)24-13-11-23(12-14-24)18-10-5-4-9-17(18)21/h4-10H,3,11-14H2,1-2H3,(H,22,25). The average molecular weight is 358 g/mol. The van der Waals surface area contributed by atoms with E-state index in [4.69, 9.17) is 11.6 Å². The third-order valence-corrected chi connectivity index (χ3v) is 5.05. The summed E-state index contributed by atoms with van der Waals surface area (Å²) in [6.45, 7) is 7.07. The smallest absolute Gasteiger partial charge is 0.321 e. The van der Waals surface area contributed by atoms with E-state index in [1.807, 2.05) is 48.2 Å². The summed E-state index contributed by atoms with van der Waals surface area (Å²) in [5, 5.41) is 3.87. The predicted octanol–water partition coefficient (Wildman–Crippen LogP) is 4.56. The average Bonchev–Trinajstić information content (AvgIpc) is 2.64. The zero-order valence-electron chi connectivity index (χ0n) is 14.8. The number of piperazine rings is 1. The summed E-state index contributed by atoms with van der Waals surface area (Å²) in [6, 6.07) is 14.0. The number of nitrogens with zero attached hydrogens (tertiary/aromatic N) is 2. The molecule has 1 N–H and O–H groups in total. The molecule has 5 heteroatoms. The van der Waals surface area contributed by atoms with Crippen LogP contribution >= 0.6 is 11.6 Å². The molecule has 1 aliphatic heterocycles. The highest BCUT2D eigenvalue weighted by Crippen LogP contribution is 2.26. The number of halogens is 1. The Morgan fingerprint density at radius 1 is 1.08 bits per heavy atom. The molecule has 1 saturated heterocycles. The quantitative estimate of drug-likeness (QED) is 0.873. The van der Waals surface area contributed by atoms with Crippen molar-refractivity contribution in [1.29, 1.82) is 0 Å². The number of anilines is 2. The fourth-order valence-corrected chi connectivity index (χ4v) is 3.50. The van der Waals surface area contributed by atoms with Gasteiger partial charge >= 0.3 is 6.03 Å². The van der Waals surface area contributed by atoms with Gasteiger partial charge in [-0.3, -0.25) is 0 Å². The molecule has 1 heterocycles. The number of carbonyl (C=O) groups is 1. The third-order valence-electron chi connectivity index (χ3n) is 4.73. The van der Waals surface area contributed by atoms with Gasteiger partial charge in [-0.2, -0.15) is 0 Å². The Kier molecular flexibility index (Phi) is 5.49. The minimum absolute atomic E-state index is 0.0252. The maximum Gasteiger partial charge on any atom is 0.321 e. The molecular weight excluding hydrogens is 334 g/mol. The second kappa shape index (κ2) is 7.79. The maximum atomic E-state index is 12.7. The van der Waals surface area contributed by atoms with Gasteiger partial charge in [-0.25, -0.2) is 4.79 Å². The fourth-order valence-electron chi connectivity index (χ4n) is 3.25. The van der Waals surface area contributed by atoms with Gasteiger partial charge in [0, 0.05) is 31.9 Å². The summed E-state index contributed by atoms with van der Waals surface area (Å²) in [6.07, 6.45) is 0.900. The topological polar surface area (TPSA) is 35.6 Å². The Balaban J connectivity index is 1.64. The van der Waals surface area contributed by atoms with Crippen LogP contribution in [0.5, 0.6) is 0 Å². The van der Waals surface area contributed by atoms with Gasteiger partial charge in [0.25, 0.3) is 0 Å². The molecule has 2 aromatic carbocycles. The summed E-state index contributed by atoms with van der Waals surface area (Å²) in [7, 11) is 0. The number of benzene rings is 2. The minimum Gasteiger partial charge on any atom is -0.367 e. The highest BCUT2D eigenvalue weighted by Gasteiger charge is 2.23. The first-order valence-corrected chi connectivity index (χ1v) is 9.12. The van der Waals surface area contributed by atoms with Gasteiger partial charge in [-0.15, -0.1) is 0 Å². The summed E-state index contributed by atoms with van der Waals surface area (Å²) in [4.78, 5) is 16.8. The van der Waals surface area contributed by atoms with Crippen molar-refractivity contribution in [3.63, 3.8) is 0 Å². The Morgan fingerprint density at radius 2 is 1.80 bits per heavy atom. The van der Waals surface area contributed by atoms with Crippen molar-refractivity contribution in [1.82, 2.24) is 4.90 Å². The van der Waals surface area contributed by atoms with Crippen LogP contribution in [0.15, 0.2) is 42.5 Å². The number of urea groups is 1. The lowest BCUT2D eigenvalue weighted by Gasteiger charge is -2.36. The van der Waals surface area contributed by atoms with Gasteiger partial charge in [-0.1, -0.05) is 48.9 Å². The summed E-state index contributed by atoms with van der Waals surface area (Å²) < 4.78 is 0. The molecule has 2 amide bonds. The number of para-hydroxylation sites is 2. The maximum absolute atomic E-state index is 12.7. The molecule has 0 bridgehead atoms. The molecule has 0 spiro atoms. The summed E-state index contributed by atoms with van der Waals surface area (Å²) in [5.74, 6) is 0. The first kappa shape index (κ1) is 17.6. The second-order valence-electron chi connectivity index (χ2n) is 6.32. The molecule has 0 aromatic heterocycles. The molecule has 132 valence electrons. The van der Waals surface area contributed by atoms with Gasteiger partial charge in [0.2, 0.25) is 0 Å². The first-order chi connectivity index (χ1) is 12.1. The highest BCUT2D eigenvalue weighted by atomic mass is 35.5. The van der Waals surface area contributed by atoms with Crippen molar-refractivity contribution < 1.29 is 4.79 Å². The normalized spacial score (nSPS) is 14.5. The van der Waals surface area contributed by atoms with Crippen molar-refractivity contribution >= 4 is 29.0 Å². The zero-order valence-corrected chi connectivity index (χ0v) is 15.5. The van der Waals surface area contributed by atoms with E-state index in [1.54, 1.807) is 0 Å². The molecule has 2 aromatic rings. The van der Waals surface area contributed by atoms with E-state index in [-0.39, 0.29) is 6.03 Å². The lowest BCUT2D eigenvalue weighted by molar-refractivity contribution is 0.208. The Morgan fingerprint density at radius 3 is 2.48 bits per heavy atom. The van der Waals surface area contributed by atoms with Crippen LogP contribution in [0.2, 0.25) is 5.02 Å². The van der Waals surface area contributed by atoms with E-state index in [0.717, 1.165) is 41.5 Å². The van der Waals surface area contributed by atoms with Crippen LogP contribution in [0.3, 0.4) is 0 Å². The van der Waals surface area contributed by atoms with Crippen LogP contribution in [0.4, 0.5) is 16.2 Å². The summed E-state index contributed by atoms with van der Waals surface area (Å²) >= 11 is 6.28. The SMILES string of the molecule is CCc1cccc(C)c1NC(=O)N1CCN(c2ccccc2Cl)CC1. The number of rotatable bonds is 3. The number of nitrogens with one attached hydrogen (secondary N) is 1. The predicted molar refractivity (Wildman–Crippen MR) is 105 cm³/mol. The zero-order chi connectivity index (χ0) is 17.8. The van der Waals surface area contributed by atoms with E-state index >= 15 is 0 Å². The monoisotopic (exact) mass is 357 g/mol. The van der Waals surface area contributed by atoms with Crippen molar-refractivity contribution in [3.05, 3.63) is 58.6 Å². The van der Waals surface area contributed by atoms with Gasteiger partial charge in [0.05, 0.1) is 10.7 Å². The van der Waals surface area contributed by atoms with Crippen LogP contribution in [0.25, 0.3) is 0 Å². The van der Waals surface area contributed by atoms with E-state index in [2.05, 4.69) is 23.2 Å². The largest absolute Gasteiger partial charge is 0.367 e. The molecule has 25 heavy (non-hydrogen) atoms. The number of aryl methyl sites for hydroxylation is 2. The second-order valence-corrected chi connectivity index (χ2v) is 6.73. The molecule has 1 fully saturated rings. The highest BCUT2D eigenvalue weighted by molar-refractivity contribution is 6.33. The van der Waals surface area contributed by atoms with Gasteiger partial charge < -0.3 is 15.1 Å². The van der Waals surface area contributed by atoms with Crippen LogP contribution in [0.1, 0.15) is 18.1 Å². The minimum atomic E-state index is -0.0252. The number of hydrogen-bond acceptors (Lipinski definition) is 2. The molecule has 4 nitrogen and oxygen atoms in total. The fraction of sp³-hybridized carbons (Fsp3) is 0.350. The van der Waals surface area contributed by atoms with E-state index in [1.165, 1.54) is 5.56 Å². The Bertz CT molecular complexity index is 754. The van der Waals surface area contributed by atoms with E-state index < -0.39 is 0 Å². The lowest BCUT2D eigenvalue weighted by Crippen LogP contribution is -2.50. The molecule has 0 aliphatic carbocycles. The van der Waals surface area contributed by atoms with Crippen molar-refractivity contribution in [3.8, 4) is 0 Å². The van der Waals surface area contributed by atoms with Crippen LogP contribution in [-0.2, 0) is 6.42 Å². The lowest BCUT2D eigenvalue weighted by atomic mass is 10.1. The molecule has 0 radical (unpaired) electrons. The molecule has 1 aliphatic rings. The molecule has 0 saturated carbocycles. The van der Waals surface area contributed by atoms with Gasteiger partial charge in [0.15, 0.2) is 0 Å². The van der Waals surface area contributed by atoms with Crippen molar-refractivity contribution in [2.45, 2.75) is 20.3 Å². The summed E-state index contributed by atoms with van der Waals surface area (Å²) in [5.41, 5.74) is 4.25. The van der Waals surface area contributed by atoms with Crippen LogP contribution < -0.4 is 10.2 Å². The van der Waals surface area contributed by atoms with E-state index in [0.29, 0.717) is 13.1 Å². The van der Waals surface area contributed by atoms with Gasteiger partial charge in [-0.05, 0) is 36.6 Å². The first-order valence-electron chi connectivity index (χ1n) is 8.74. The number of carbonyl (C=O) groups excluding carboxylic acids is 1. The molecule has 3 rings (SSSR count). The Labute approximate surface area is 154 Å². The van der Waals surface area contributed by atoms with Crippen LogP contribution in [-0.4, -0.2) is 37.1 Å². The number of hydrogen-bond donors (Lipinski definition) is 1. The van der Waals surface area contributed by atoms with Crippen molar-refractivity contribution in [2.75, 3.05) is 36.4 Å². The molecular formula is C20H24ClN3O. The van der Waals surface area contributed by atoms with Crippen LogP contribution in [0, 0.1) is 6.92 Å².